The fourth-order valence-corrected chi connectivity index (χ4v) is 7.99. The number of aromatic nitrogens is 3. The molecule has 3 fully saturated rings. The Balaban J connectivity index is 1.43. The Labute approximate surface area is 183 Å². The third-order valence-corrected chi connectivity index (χ3v) is 9.48. The molecule has 7 heteroatoms. The summed E-state index contributed by atoms with van der Waals surface area (Å²) in [5, 5.41) is 8.12. The molecule has 0 radical (unpaired) electrons. The predicted molar refractivity (Wildman–Crippen MR) is 117 cm³/mol. The molecule has 2 amide bonds. The zero-order valence-corrected chi connectivity index (χ0v) is 18.5. The number of primary amides is 1. The third kappa shape index (κ3) is 3.11. The average molecular weight is 424 g/mol. The summed E-state index contributed by atoms with van der Waals surface area (Å²) in [4.78, 5) is 30.4. The zero-order valence-electron chi connectivity index (χ0n) is 18.5. The molecule has 1 aromatic rings. The Hall–Kier alpha value is -2.31. The molecule has 1 aromatic heterocycles. The third-order valence-electron chi connectivity index (χ3n) is 9.48. The summed E-state index contributed by atoms with van der Waals surface area (Å²) in [6.45, 7) is 4.81. The van der Waals surface area contributed by atoms with Gasteiger partial charge in [0, 0.05) is 24.0 Å². The predicted octanol–water partition coefficient (Wildman–Crippen LogP) is 3.27. The number of carbonyl (C=O) groups excluding carboxylic acids is 2. The van der Waals surface area contributed by atoms with Crippen LogP contribution in [0.25, 0.3) is 0 Å². The highest BCUT2D eigenvalue weighted by Crippen LogP contribution is 2.66. The second kappa shape index (κ2) is 7.38. The molecule has 31 heavy (non-hydrogen) atoms. The summed E-state index contributed by atoms with van der Waals surface area (Å²) < 4.78 is 0. The summed E-state index contributed by atoms with van der Waals surface area (Å²) in [6, 6.07) is 0.0758. The molecule has 166 valence electrons. The van der Waals surface area contributed by atoms with E-state index in [4.69, 9.17) is 5.73 Å². The summed E-state index contributed by atoms with van der Waals surface area (Å²) in [7, 11) is 0. The Morgan fingerprint density at radius 1 is 1.16 bits per heavy atom. The maximum Gasteiger partial charge on any atom is 0.253 e. The normalized spacial score (nSPS) is 41.4. The maximum absolute atomic E-state index is 12.8. The summed E-state index contributed by atoms with van der Waals surface area (Å²) in [5.74, 6) is 2.69. The van der Waals surface area contributed by atoms with Crippen LogP contribution in [0.5, 0.6) is 0 Å². The van der Waals surface area contributed by atoms with Crippen LogP contribution in [0.1, 0.15) is 65.2 Å². The smallest absolute Gasteiger partial charge is 0.253 e. The van der Waals surface area contributed by atoms with Crippen molar-refractivity contribution in [3.05, 3.63) is 24.5 Å². The SMILES string of the molecule is C[C@]12C=CC(=O)N(c3nccnn3)[C@@H]1CC[C@@H]1[C@@H]2CC[C@]2(C)[C@@H](CCC(N)=O)CC[C@@H]12. The Morgan fingerprint density at radius 2 is 2.00 bits per heavy atom. The number of hydrogen-bond acceptors (Lipinski definition) is 5. The number of carbonyl (C=O) groups is 2. The second-order valence-corrected chi connectivity index (χ2v) is 10.6. The van der Waals surface area contributed by atoms with E-state index < -0.39 is 0 Å². The lowest BCUT2D eigenvalue weighted by Gasteiger charge is -2.60. The largest absolute Gasteiger partial charge is 0.370 e. The maximum atomic E-state index is 12.8. The number of nitrogens with two attached hydrogens (primary N) is 1. The minimum atomic E-state index is -0.177. The molecule has 3 saturated carbocycles. The Morgan fingerprint density at radius 3 is 2.74 bits per heavy atom. The molecule has 0 saturated heterocycles. The fraction of sp³-hybridized carbons (Fsp3) is 0.708. The van der Waals surface area contributed by atoms with Crippen molar-refractivity contribution in [3.63, 3.8) is 0 Å². The highest BCUT2D eigenvalue weighted by atomic mass is 16.2. The molecule has 1 aliphatic heterocycles. The summed E-state index contributed by atoms with van der Waals surface area (Å²) in [6.07, 6.45) is 15.4. The highest BCUT2D eigenvalue weighted by Gasteiger charge is 2.60. The van der Waals surface area contributed by atoms with Crippen LogP contribution in [0, 0.1) is 34.5 Å². The standard InChI is InChI=1S/C24H33N5O2/c1-23-11-9-18-16(17(23)6-3-15(23)4-8-20(25)30)5-7-19-24(18,2)12-10-21(31)29(19)22-26-13-14-27-28-22/h10,12-19H,3-9,11H2,1-2H3,(H2,25,30)/t15-,16+,17+,18+,19-,23-,24-/m1/s1. The first-order valence-electron chi connectivity index (χ1n) is 11.8. The van der Waals surface area contributed by atoms with Gasteiger partial charge in [-0.15, -0.1) is 5.10 Å². The average Bonchev–Trinajstić information content (AvgIpc) is 3.09. The van der Waals surface area contributed by atoms with Crippen LogP contribution < -0.4 is 10.6 Å². The molecule has 7 atom stereocenters. The lowest BCUT2D eigenvalue weighted by atomic mass is 9.47. The van der Waals surface area contributed by atoms with Crippen LogP contribution in [0.15, 0.2) is 24.5 Å². The molecule has 0 unspecified atom stereocenters. The van der Waals surface area contributed by atoms with E-state index in [0.29, 0.717) is 41.5 Å². The van der Waals surface area contributed by atoms with Crippen LogP contribution in [0.2, 0.25) is 0 Å². The van der Waals surface area contributed by atoms with Crippen molar-refractivity contribution in [3.8, 4) is 0 Å². The van der Waals surface area contributed by atoms with Gasteiger partial charge in [-0.2, -0.15) is 5.10 Å². The van der Waals surface area contributed by atoms with Gasteiger partial charge in [0.15, 0.2) is 0 Å². The Bertz CT molecular complexity index is 904. The van der Waals surface area contributed by atoms with Crippen molar-refractivity contribution in [1.29, 1.82) is 0 Å². The molecule has 4 aliphatic rings. The molecule has 5 rings (SSSR count). The van der Waals surface area contributed by atoms with E-state index in [1.165, 1.54) is 19.3 Å². The van der Waals surface area contributed by atoms with Gasteiger partial charge in [-0.25, -0.2) is 4.98 Å². The quantitative estimate of drug-likeness (QED) is 0.801. The second-order valence-electron chi connectivity index (χ2n) is 10.6. The topological polar surface area (TPSA) is 102 Å². The first-order valence-corrected chi connectivity index (χ1v) is 11.8. The van der Waals surface area contributed by atoms with E-state index in [9.17, 15) is 9.59 Å². The Kier molecular flexibility index (Phi) is 4.90. The van der Waals surface area contributed by atoms with Crippen molar-refractivity contribution in [2.24, 2.45) is 40.2 Å². The lowest BCUT2D eigenvalue weighted by molar-refractivity contribution is -0.120. The molecule has 7 nitrogen and oxygen atoms in total. The monoisotopic (exact) mass is 423 g/mol. The van der Waals surface area contributed by atoms with Crippen molar-refractivity contribution in [2.75, 3.05) is 4.90 Å². The van der Waals surface area contributed by atoms with Gasteiger partial charge in [-0.1, -0.05) is 19.9 Å². The number of nitrogens with zero attached hydrogens (tertiary/aromatic N) is 4. The van der Waals surface area contributed by atoms with Gasteiger partial charge in [0.05, 0.1) is 12.4 Å². The highest BCUT2D eigenvalue weighted by molar-refractivity contribution is 6.02. The van der Waals surface area contributed by atoms with Gasteiger partial charge in [0.2, 0.25) is 5.91 Å². The van der Waals surface area contributed by atoms with Gasteiger partial charge in [-0.3, -0.25) is 14.5 Å². The number of hydrogen-bond donors (Lipinski definition) is 1. The number of amides is 2. The molecular formula is C24H33N5O2. The van der Waals surface area contributed by atoms with E-state index in [0.717, 1.165) is 25.7 Å². The lowest BCUT2D eigenvalue weighted by Crippen LogP contribution is -2.61. The van der Waals surface area contributed by atoms with Crippen LogP contribution in [0.3, 0.4) is 0 Å². The van der Waals surface area contributed by atoms with Crippen LogP contribution in [-0.2, 0) is 9.59 Å². The molecule has 2 heterocycles. The molecular weight excluding hydrogens is 390 g/mol. The van der Waals surface area contributed by atoms with E-state index >= 15 is 0 Å². The van der Waals surface area contributed by atoms with Gasteiger partial charge in [0.25, 0.3) is 11.9 Å². The molecule has 0 bridgehead atoms. The van der Waals surface area contributed by atoms with E-state index in [2.05, 4.69) is 35.1 Å². The van der Waals surface area contributed by atoms with Crippen molar-refractivity contribution in [1.82, 2.24) is 15.2 Å². The summed E-state index contributed by atoms with van der Waals surface area (Å²) >= 11 is 0. The molecule has 3 aliphatic carbocycles. The van der Waals surface area contributed by atoms with Gasteiger partial charge in [-0.05, 0) is 74.0 Å². The summed E-state index contributed by atoms with van der Waals surface area (Å²) in [5.41, 5.74) is 5.68. The van der Waals surface area contributed by atoms with Crippen LogP contribution in [0.4, 0.5) is 5.95 Å². The molecule has 0 aromatic carbocycles. The minimum absolute atomic E-state index is 0.0399. The fourth-order valence-electron chi connectivity index (χ4n) is 7.99. The number of fused-ring (bicyclic) bond motifs is 5. The van der Waals surface area contributed by atoms with Crippen molar-refractivity contribution < 1.29 is 9.59 Å². The van der Waals surface area contributed by atoms with Crippen LogP contribution in [-0.4, -0.2) is 33.0 Å². The van der Waals surface area contributed by atoms with E-state index in [1.54, 1.807) is 23.4 Å². The number of rotatable bonds is 4. The first kappa shape index (κ1) is 20.6. The van der Waals surface area contributed by atoms with Gasteiger partial charge in [0.1, 0.15) is 0 Å². The van der Waals surface area contributed by atoms with Crippen molar-refractivity contribution in [2.45, 2.75) is 71.3 Å². The van der Waals surface area contributed by atoms with E-state index in [1.807, 2.05) is 0 Å². The minimum Gasteiger partial charge on any atom is -0.370 e. The molecule has 0 spiro atoms. The molecule has 2 N–H and O–H groups in total. The van der Waals surface area contributed by atoms with Gasteiger partial charge < -0.3 is 5.73 Å². The first-order chi connectivity index (χ1) is 14.8. The van der Waals surface area contributed by atoms with E-state index in [-0.39, 0.29) is 23.3 Å². The van der Waals surface area contributed by atoms with Gasteiger partial charge >= 0.3 is 0 Å². The van der Waals surface area contributed by atoms with Crippen molar-refractivity contribution >= 4 is 17.8 Å². The van der Waals surface area contributed by atoms with Crippen LogP contribution >= 0.6 is 0 Å². The zero-order chi connectivity index (χ0) is 21.8. The number of anilines is 1.